The largest absolute Gasteiger partial charge is 0.481 e. The van der Waals surface area contributed by atoms with Gasteiger partial charge in [0.15, 0.2) is 0 Å². The number of nitrogens with zero attached hydrogens (tertiary/aromatic N) is 1. The lowest BCUT2D eigenvalue weighted by Gasteiger charge is -2.06. The minimum atomic E-state index is -0.796. The van der Waals surface area contributed by atoms with Crippen molar-refractivity contribution in [1.82, 2.24) is 4.98 Å². The zero-order valence-corrected chi connectivity index (χ0v) is 14.9. The van der Waals surface area contributed by atoms with E-state index in [0.29, 0.717) is 6.42 Å². The van der Waals surface area contributed by atoms with Crippen LogP contribution in [-0.4, -0.2) is 16.1 Å². The van der Waals surface area contributed by atoms with Gasteiger partial charge in [-0.15, -0.1) is 11.3 Å². The topological polar surface area (TPSA) is 50.2 Å². The summed E-state index contributed by atoms with van der Waals surface area (Å²) in [6.45, 7) is 0. The van der Waals surface area contributed by atoms with Gasteiger partial charge in [-0.25, -0.2) is 4.98 Å². The van der Waals surface area contributed by atoms with Gasteiger partial charge in [-0.1, -0.05) is 54.6 Å². The molecule has 3 aromatic carbocycles. The first-order chi connectivity index (χ1) is 12.7. The molecule has 4 aromatic rings. The predicted molar refractivity (Wildman–Crippen MR) is 108 cm³/mol. The number of thiazole rings is 1. The Labute approximate surface area is 155 Å². The fourth-order valence-electron chi connectivity index (χ4n) is 3.06. The molecule has 0 atom stereocenters. The number of hydrogen-bond donors (Lipinski definition) is 1. The Bertz CT molecular complexity index is 1090. The molecule has 0 radical (unpaired) electrons. The van der Waals surface area contributed by atoms with Crippen molar-refractivity contribution in [2.45, 2.75) is 12.8 Å². The maximum atomic E-state index is 11.1. The Morgan fingerprint density at radius 2 is 1.73 bits per heavy atom. The molecule has 1 heterocycles. The van der Waals surface area contributed by atoms with E-state index in [1.165, 1.54) is 5.39 Å². The molecule has 0 fully saturated rings. The Morgan fingerprint density at radius 3 is 2.58 bits per heavy atom. The van der Waals surface area contributed by atoms with Gasteiger partial charge in [-0.05, 0) is 46.5 Å². The standard InChI is InChI=1S/C22H17NO2S/c24-21(25)13-12-17(22-23-19-10-3-4-11-20(19)26-22)14-16-8-5-7-15-6-1-2-9-18(15)16/h1-11,14H,12-13H2,(H,24,25)/b17-14+. The zero-order chi connectivity index (χ0) is 17.9. The van der Waals surface area contributed by atoms with Gasteiger partial charge < -0.3 is 5.11 Å². The van der Waals surface area contributed by atoms with Crippen molar-refractivity contribution in [1.29, 1.82) is 0 Å². The highest BCUT2D eigenvalue weighted by Crippen LogP contribution is 2.32. The lowest BCUT2D eigenvalue weighted by molar-refractivity contribution is -0.136. The number of carboxylic acids is 1. The highest BCUT2D eigenvalue weighted by atomic mass is 32.1. The van der Waals surface area contributed by atoms with E-state index in [0.717, 1.165) is 31.7 Å². The van der Waals surface area contributed by atoms with Gasteiger partial charge in [-0.2, -0.15) is 0 Å². The van der Waals surface area contributed by atoms with E-state index < -0.39 is 5.97 Å². The van der Waals surface area contributed by atoms with Crippen LogP contribution in [0, 0.1) is 0 Å². The first kappa shape index (κ1) is 16.5. The minimum Gasteiger partial charge on any atom is -0.481 e. The molecule has 0 saturated heterocycles. The summed E-state index contributed by atoms with van der Waals surface area (Å²) < 4.78 is 1.11. The van der Waals surface area contributed by atoms with Crippen LogP contribution in [0.15, 0.2) is 66.7 Å². The van der Waals surface area contributed by atoms with Gasteiger partial charge in [0.2, 0.25) is 0 Å². The first-order valence-electron chi connectivity index (χ1n) is 8.47. The SMILES string of the molecule is O=C(O)CC/C(=C\c1cccc2ccccc12)c1nc2ccccc2s1. The summed E-state index contributed by atoms with van der Waals surface area (Å²) in [4.78, 5) is 15.9. The number of allylic oxidation sites excluding steroid dienone is 1. The number of benzene rings is 3. The molecule has 4 heteroatoms. The molecule has 3 nitrogen and oxygen atoms in total. The van der Waals surface area contributed by atoms with Gasteiger partial charge in [0.05, 0.1) is 10.2 Å². The molecule has 0 aliphatic rings. The Kier molecular flexibility index (Phi) is 4.50. The van der Waals surface area contributed by atoms with Crippen LogP contribution in [-0.2, 0) is 4.79 Å². The van der Waals surface area contributed by atoms with Crippen molar-refractivity contribution < 1.29 is 9.90 Å². The third-order valence-corrected chi connectivity index (χ3v) is 5.44. The van der Waals surface area contributed by atoms with Crippen molar-refractivity contribution in [3.05, 3.63) is 77.3 Å². The molecule has 1 N–H and O–H groups in total. The molecule has 128 valence electrons. The lowest BCUT2D eigenvalue weighted by Crippen LogP contribution is -1.95. The normalized spacial score (nSPS) is 11.9. The average Bonchev–Trinajstić information content (AvgIpc) is 3.09. The van der Waals surface area contributed by atoms with E-state index in [1.807, 2.05) is 42.5 Å². The maximum Gasteiger partial charge on any atom is 0.303 e. The molecular formula is C22H17NO2S. The van der Waals surface area contributed by atoms with Crippen molar-refractivity contribution in [2.24, 2.45) is 0 Å². The van der Waals surface area contributed by atoms with E-state index in [-0.39, 0.29) is 6.42 Å². The smallest absolute Gasteiger partial charge is 0.303 e. The van der Waals surface area contributed by atoms with Crippen molar-refractivity contribution in [2.75, 3.05) is 0 Å². The fraction of sp³-hybridized carbons (Fsp3) is 0.0909. The highest BCUT2D eigenvalue weighted by Gasteiger charge is 2.11. The number of carbonyl (C=O) groups is 1. The third-order valence-electron chi connectivity index (χ3n) is 4.33. The first-order valence-corrected chi connectivity index (χ1v) is 9.28. The Morgan fingerprint density at radius 1 is 0.962 bits per heavy atom. The second-order valence-corrected chi connectivity index (χ2v) is 7.15. The van der Waals surface area contributed by atoms with Gasteiger partial charge in [-0.3, -0.25) is 4.79 Å². The number of hydrogen-bond acceptors (Lipinski definition) is 3. The van der Waals surface area contributed by atoms with Gasteiger partial charge in [0.1, 0.15) is 5.01 Å². The quantitative estimate of drug-likeness (QED) is 0.486. The summed E-state index contributed by atoms with van der Waals surface area (Å²) in [5, 5.41) is 12.4. The van der Waals surface area contributed by atoms with Crippen molar-refractivity contribution in [3.63, 3.8) is 0 Å². The summed E-state index contributed by atoms with van der Waals surface area (Å²) in [6, 6.07) is 22.4. The maximum absolute atomic E-state index is 11.1. The molecule has 0 bridgehead atoms. The van der Waals surface area contributed by atoms with E-state index in [9.17, 15) is 4.79 Å². The van der Waals surface area contributed by atoms with E-state index in [4.69, 9.17) is 10.1 Å². The second-order valence-electron chi connectivity index (χ2n) is 6.12. The van der Waals surface area contributed by atoms with Crippen LogP contribution in [0.3, 0.4) is 0 Å². The van der Waals surface area contributed by atoms with Crippen LogP contribution in [0.4, 0.5) is 0 Å². The number of aromatic nitrogens is 1. The molecule has 1 aromatic heterocycles. The summed E-state index contributed by atoms with van der Waals surface area (Å²) in [6.07, 6.45) is 2.63. The molecule has 0 spiro atoms. The van der Waals surface area contributed by atoms with Crippen LogP contribution in [0.1, 0.15) is 23.4 Å². The molecule has 26 heavy (non-hydrogen) atoms. The Hall–Kier alpha value is -2.98. The fourth-order valence-corrected chi connectivity index (χ4v) is 4.07. The molecule has 0 saturated carbocycles. The summed E-state index contributed by atoms with van der Waals surface area (Å²) in [7, 11) is 0. The minimum absolute atomic E-state index is 0.0898. The van der Waals surface area contributed by atoms with E-state index in [1.54, 1.807) is 11.3 Å². The average molecular weight is 359 g/mol. The van der Waals surface area contributed by atoms with Crippen molar-refractivity contribution >= 4 is 49.9 Å². The van der Waals surface area contributed by atoms with E-state index in [2.05, 4.69) is 30.3 Å². The predicted octanol–water partition coefficient (Wildman–Crippen LogP) is 5.85. The molecule has 0 amide bonds. The van der Waals surface area contributed by atoms with Crippen molar-refractivity contribution in [3.8, 4) is 0 Å². The van der Waals surface area contributed by atoms with Gasteiger partial charge in [0.25, 0.3) is 0 Å². The third kappa shape index (κ3) is 3.37. The van der Waals surface area contributed by atoms with E-state index >= 15 is 0 Å². The molecule has 0 aliphatic heterocycles. The lowest BCUT2D eigenvalue weighted by atomic mass is 10.0. The number of carboxylic acid groups (broad SMARTS) is 1. The number of aliphatic carboxylic acids is 1. The number of para-hydroxylation sites is 1. The summed E-state index contributed by atoms with van der Waals surface area (Å²) >= 11 is 1.61. The monoisotopic (exact) mass is 359 g/mol. The zero-order valence-electron chi connectivity index (χ0n) is 14.1. The van der Waals surface area contributed by atoms with Gasteiger partial charge in [0, 0.05) is 6.42 Å². The summed E-state index contributed by atoms with van der Waals surface area (Å²) in [5.41, 5.74) is 3.00. The van der Waals surface area contributed by atoms with Crippen LogP contribution in [0.2, 0.25) is 0 Å². The van der Waals surface area contributed by atoms with Crippen LogP contribution in [0.25, 0.3) is 32.6 Å². The Balaban J connectivity index is 1.84. The van der Waals surface area contributed by atoms with Gasteiger partial charge >= 0.3 is 5.97 Å². The van der Waals surface area contributed by atoms with Crippen LogP contribution >= 0.6 is 11.3 Å². The molecular weight excluding hydrogens is 342 g/mol. The second kappa shape index (κ2) is 7.10. The number of fused-ring (bicyclic) bond motifs is 2. The highest BCUT2D eigenvalue weighted by molar-refractivity contribution is 7.19. The van der Waals surface area contributed by atoms with Crippen LogP contribution < -0.4 is 0 Å². The molecule has 0 unspecified atom stereocenters. The molecule has 0 aliphatic carbocycles. The number of rotatable bonds is 5. The molecule has 4 rings (SSSR count). The summed E-state index contributed by atoms with van der Waals surface area (Å²) in [5.74, 6) is -0.796. The van der Waals surface area contributed by atoms with Crippen LogP contribution in [0.5, 0.6) is 0 Å².